The minimum Gasteiger partial charge on any atom is -0.273 e. The van der Waals surface area contributed by atoms with Gasteiger partial charge in [0.2, 0.25) is 5.91 Å². The monoisotopic (exact) mass is 341 g/mol. The number of amides is 1. The standard InChI is InChI=1S/C19H17F2N3O/c1-19(2)11-18(25)24(23(19)3)16-8-7-15(22-12-16)6-4-13-10-14(20)5-9-17(13)21/h5,7-10,12H,11H2,1-3H3. The second kappa shape index (κ2) is 6.26. The van der Waals surface area contributed by atoms with Crippen LogP contribution in [0.1, 0.15) is 31.5 Å². The first-order chi connectivity index (χ1) is 11.8. The molecule has 1 saturated heterocycles. The van der Waals surface area contributed by atoms with E-state index in [4.69, 9.17) is 0 Å². The van der Waals surface area contributed by atoms with Crippen LogP contribution < -0.4 is 5.01 Å². The molecule has 3 rings (SSSR count). The van der Waals surface area contributed by atoms with Crippen LogP contribution in [0.2, 0.25) is 0 Å². The molecular formula is C19H17F2N3O. The van der Waals surface area contributed by atoms with Crippen LogP contribution >= 0.6 is 0 Å². The molecule has 25 heavy (non-hydrogen) atoms. The summed E-state index contributed by atoms with van der Waals surface area (Å²) in [6, 6.07) is 6.49. The number of hydrazine groups is 1. The van der Waals surface area contributed by atoms with Crippen molar-refractivity contribution < 1.29 is 13.6 Å². The lowest BCUT2D eigenvalue weighted by Crippen LogP contribution is -2.44. The van der Waals surface area contributed by atoms with Crippen LogP contribution in [0.15, 0.2) is 36.5 Å². The molecular weight excluding hydrogens is 324 g/mol. The molecule has 1 aromatic heterocycles. The maximum atomic E-state index is 13.6. The molecule has 0 bridgehead atoms. The van der Waals surface area contributed by atoms with Gasteiger partial charge in [-0.1, -0.05) is 5.92 Å². The van der Waals surface area contributed by atoms with E-state index in [0.29, 0.717) is 17.8 Å². The van der Waals surface area contributed by atoms with Crippen LogP contribution in [-0.4, -0.2) is 28.5 Å². The molecule has 1 aliphatic heterocycles. The van der Waals surface area contributed by atoms with Crippen molar-refractivity contribution in [3.63, 3.8) is 0 Å². The Labute approximate surface area is 145 Å². The number of anilines is 1. The summed E-state index contributed by atoms with van der Waals surface area (Å²) in [5.74, 6) is 4.13. The molecule has 2 heterocycles. The number of nitrogens with zero attached hydrogens (tertiary/aromatic N) is 3. The molecule has 0 saturated carbocycles. The predicted molar refractivity (Wildman–Crippen MR) is 90.5 cm³/mol. The smallest absolute Gasteiger partial charge is 0.243 e. The van der Waals surface area contributed by atoms with Crippen molar-refractivity contribution in [3.05, 3.63) is 59.4 Å². The number of rotatable bonds is 1. The van der Waals surface area contributed by atoms with E-state index in [9.17, 15) is 13.6 Å². The fourth-order valence-corrected chi connectivity index (χ4v) is 2.62. The molecule has 0 atom stereocenters. The van der Waals surface area contributed by atoms with E-state index < -0.39 is 11.6 Å². The number of benzene rings is 1. The summed E-state index contributed by atoms with van der Waals surface area (Å²) in [5, 5.41) is 3.45. The maximum absolute atomic E-state index is 13.6. The van der Waals surface area contributed by atoms with Crippen molar-refractivity contribution in [1.82, 2.24) is 9.99 Å². The number of hydrogen-bond donors (Lipinski definition) is 0. The highest BCUT2D eigenvalue weighted by atomic mass is 19.1. The normalized spacial score (nSPS) is 16.7. The fourth-order valence-electron chi connectivity index (χ4n) is 2.62. The van der Waals surface area contributed by atoms with E-state index in [1.807, 2.05) is 25.9 Å². The average Bonchev–Trinajstić information content (AvgIpc) is 2.76. The highest BCUT2D eigenvalue weighted by molar-refractivity contribution is 5.95. The molecule has 0 aliphatic carbocycles. The quantitative estimate of drug-likeness (QED) is 0.748. The summed E-state index contributed by atoms with van der Waals surface area (Å²) in [4.78, 5) is 16.4. The van der Waals surface area contributed by atoms with E-state index >= 15 is 0 Å². The minimum atomic E-state index is -0.586. The lowest BCUT2D eigenvalue weighted by atomic mass is 10.0. The molecule has 6 heteroatoms. The van der Waals surface area contributed by atoms with Crippen molar-refractivity contribution in [2.24, 2.45) is 0 Å². The molecule has 0 radical (unpaired) electrons. The maximum Gasteiger partial charge on any atom is 0.243 e. The Hall–Kier alpha value is -2.78. The summed E-state index contributed by atoms with van der Waals surface area (Å²) >= 11 is 0. The highest BCUT2D eigenvalue weighted by Crippen LogP contribution is 2.32. The van der Waals surface area contributed by atoms with E-state index in [-0.39, 0.29) is 17.0 Å². The van der Waals surface area contributed by atoms with Crippen LogP contribution in [0.3, 0.4) is 0 Å². The van der Waals surface area contributed by atoms with Crippen LogP contribution in [0.4, 0.5) is 14.5 Å². The minimum absolute atomic E-state index is 0.00466. The van der Waals surface area contributed by atoms with Gasteiger partial charge in [-0.15, -0.1) is 0 Å². The number of aromatic nitrogens is 1. The van der Waals surface area contributed by atoms with Gasteiger partial charge >= 0.3 is 0 Å². The zero-order valence-corrected chi connectivity index (χ0v) is 14.2. The fraction of sp³-hybridized carbons (Fsp3) is 0.263. The predicted octanol–water partition coefficient (Wildman–Crippen LogP) is 3.12. The van der Waals surface area contributed by atoms with E-state index in [1.165, 1.54) is 0 Å². The van der Waals surface area contributed by atoms with Gasteiger partial charge in [-0.05, 0) is 50.1 Å². The van der Waals surface area contributed by atoms with Crippen LogP contribution in [0.5, 0.6) is 0 Å². The molecule has 128 valence electrons. The Morgan fingerprint density at radius 1 is 1.16 bits per heavy atom. The first-order valence-electron chi connectivity index (χ1n) is 7.78. The molecule has 1 fully saturated rings. The number of carbonyl (C=O) groups excluding carboxylic acids is 1. The molecule has 1 aromatic carbocycles. The Bertz CT molecular complexity index is 882. The van der Waals surface area contributed by atoms with Crippen LogP contribution in [-0.2, 0) is 4.79 Å². The largest absolute Gasteiger partial charge is 0.273 e. The molecule has 2 aromatic rings. The van der Waals surface area contributed by atoms with Crippen molar-refractivity contribution in [1.29, 1.82) is 0 Å². The van der Waals surface area contributed by atoms with Gasteiger partial charge in [0, 0.05) is 19.0 Å². The van der Waals surface area contributed by atoms with Crippen LogP contribution in [0, 0.1) is 23.5 Å². The van der Waals surface area contributed by atoms with E-state index in [2.05, 4.69) is 16.8 Å². The van der Waals surface area contributed by atoms with Crippen molar-refractivity contribution in [2.75, 3.05) is 12.1 Å². The van der Waals surface area contributed by atoms with Gasteiger partial charge in [-0.3, -0.25) is 4.79 Å². The summed E-state index contributed by atoms with van der Waals surface area (Å²) < 4.78 is 26.7. The Kier molecular flexibility index (Phi) is 4.27. The zero-order valence-electron chi connectivity index (χ0n) is 14.2. The van der Waals surface area contributed by atoms with Gasteiger partial charge in [-0.25, -0.2) is 23.8 Å². The SMILES string of the molecule is CN1N(c2ccc(C#Cc3cc(F)ccc3F)nc2)C(=O)CC1(C)C. The molecule has 1 aliphatic rings. The third-order valence-electron chi connectivity index (χ3n) is 4.24. The molecule has 1 amide bonds. The number of pyridine rings is 1. The van der Waals surface area contributed by atoms with Crippen molar-refractivity contribution >= 4 is 11.6 Å². The Balaban J connectivity index is 1.83. The topological polar surface area (TPSA) is 36.4 Å². The molecule has 0 N–H and O–H groups in total. The third-order valence-corrected chi connectivity index (χ3v) is 4.24. The number of carbonyl (C=O) groups is 1. The summed E-state index contributed by atoms with van der Waals surface area (Å²) in [6.07, 6.45) is 1.96. The summed E-state index contributed by atoms with van der Waals surface area (Å²) in [5.41, 5.74) is 0.758. The van der Waals surface area contributed by atoms with Gasteiger partial charge in [0.15, 0.2) is 0 Å². The lowest BCUT2D eigenvalue weighted by molar-refractivity contribution is -0.117. The number of hydrogen-bond acceptors (Lipinski definition) is 3. The van der Waals surface area contributed by atoms with Crippen LogP contribution in [0.25, 0.3) is 0 Å². The highest BCUT2D eigenvalue weighted by Gasteiger charge is 2.41. The molecule has 0 spiro atoms. The lowest BCUT2D eigenvalue weighted by Gasteiger charge is -2.32. The Morgan fingerprint density at radius 3 is 2.52 bits per heavy atom. The van der Waals surface area contributed by atoms with Gasteiger partial charge in [0.1, 0.15) is 17.3 Å². The summed E-state index contributed by atoms with van der Waals surface area (Å²) in [6.45, 7) is 3.98. The van der Waals surface area contributed by atoms with Crippen molar-refractivity contribution in [2.45, 2.75) is 25.8 Å². The first-order valence-corrected chi connectivity index (χ1v) is 7.78. The zero-order chi connectivity index (χ0) is 18.2. The van der Waals surface area contributed by atoms with Gasteiger partial charge in [-0.2, -0.15) is 0 Å². The number of halogens is 2. The second-order valence-corrected chi connectivity index (χ2v) is 6.49. The van der Waals surface area contributed by atoms with Crippen molar-refractivity contribution in [3.8, 4) is 11.8 Å². The summed E-state index contributed by atoms with van der Waals surface area (Å²) in [7, 11) is 1.85. The van der Waals surface area contributed by atoms with E-state index in [0.717, 1.165) is 18.2 Å². The first kappa shape index (κ1) is 17.1. The average molecular weight is 341 g/mol. The Morgan fingerprint density at radius 2 is 1.92 bits per heavy atom. The molecule has 4 nitrogen and oxygen atoms in total. The second-order valence-electron chi connectivity index (χ2n) is 6.49. The van der Waals surface area contributed by atoms with Gasteiger partial charge in [0.25, 0.3) is 0 Å². The van der Waals surface area contributed by atoms with Gasteiger partial charge in [0.05, 0.1) is 17.4 Å². The van der Waals surface area contributed by atoms with E-state index in [1.54, 1.807) is 23.3 Å². The third kappa shape index (κ3) is 3.37. The molecule has 0 unspecified atom stereocenters. The van der Waals surface area contributed by atoms with Gasteiger partial charge < -0.3 is 0 Å².